The van der Waals surface area contributed by atoms with Crippen LogP contribution in [0.3, 0.4) is 0 Å². The van der Waals surface area contributed by atoms with Gasteiger partial charge in [0.05, 0.1) is 17.4 Å². The monoisotopic (exact) mass is 423 g/mol. The number of nitrogens with one attached hydrogen (secondary N) is 1. The van der Waals surface area contributed by atoms with E-state index in [1.165, 1.54) is 0 Å². The van der Waals surface area contributed by atoms with Crippen LogP contribution in [0.2, 0.25) is 0 Å². The van der Waals surface area contributed by atoms with E-state index in [-0.39, 0.29) is 0 Å². The summed E-state index contributed by atoms with van der Waals surface area (Å²) in [6, 6.07) is 12.4. The van der Waals surface area contributed by atoms with Crippen LogP contribution in [0.4, 0.5) is 0 Å². The second-order valence-electron chi connectivity index (χ2n) is 8.04. The van der Waals surface area contributed by atoms with Crippen LogP contribution in [0, 0.1) is 0 Å². The van der Waals surface area contributed by atoms with Gasteiger partial charge in [0, 0.05) is 67.7 Å². The van der Waals surface area contributed by atoms with Gasteiger partial charge in [-0.1, -0.05) is 6.07 Å². The summed E-state index contributed by atoms with van der Waals surface area (Å²) < 4.78 is 3.63. The summed E-state index contributed by atoms with van der Waals surface area (Å²) in [5.74, 6) is 0.803. The van der Waals surface area contributed by atoms with Crippen molar-refractivity contribution >= 4 is 22.1 Å². The van der Waals surface area contributed by atoms with Gasteiger partial charge < -0.3 is 5.01 Å². The summed E-state index contributed by atoms with van der Waals surface area (Å²) in [5, 5.41) is 20.8. The van der Waals surface area contributed by atoms with Gasteiger partial charge in [-0.2, -0.15) is 14.7 Å². The molecule has 6 rings (SSSR count). The number of nitrogens with zero attached hydrogens (tertiary/aromatic N) is 8. The molecule has 0 atom stereocenters. The number of hydrazine groups is 1. The molecule has 0 saturated carbocycles. The van der Waals surface area contributed by atoms with Crippen molar-refractivity contribution < 1.29 is 0 Å². The lowest BCUT2D eigenvalue weighted by molar-refractivity contribution is 0.374. The maximum Gasteiger partial charge on any atom is 0.177 e. The topological polar surface area (TPSA) is 89.1 Å². The predicted molar refractivity (Wildman–Crippen MR) is 121 cm³/mol. The fourth-order valence-electron chi connectivity index (χ4n) is 4.01. The predicted octanol–water partition coefficient (Wildman–Crippen LogP) is 2.45. The summed E-state index contributed by atoms with van der Waals surface area (Å²) >= 11 is 0. The Hall–Kier alpha value is -4.11. The highest BCUT2D eigenvalue weighted by atomic mass is 15.5. The first-order chi connectivity index (χ1) is 15.6. The molecule has 1 aliphatic rings. The molecule has 9 heteroatoms. The van der Waals surface area contributed by atoms with E-state index in [4.69, 9.17) is 5.10 Å². The van der Waals surface area contributed by atoms with Crippen LogP contribution >= 0.6 is 0 Å². The molecular formula is C23H21N9. The van der Waals surface area contributed by atoms with E-state index in [9.17, 15) is 0 Å². The second-order valence-corrected chi connectivity index (χ2v) is 8.04. The molecule has 5 heterocycles. The average Bonchev–Trinajstić information content (AvgIpc) is 3.53. The van der Waals surface area contributed by atoms with Crippen LogP contribution in [-0.2, 0) is 13.5 Å². The minimum Gasteiger partial charge on any atom is -0.318 e. The Bertz CT molecular complexity index is 1490. The van der Waals surface area contributed by atoms with Gasteiger partial charge in [-0.3, -0.25) is 9.67 Å². The number of aryl methyl sites for hydroxylation is 1. The lowest BCUT2D eigenvalue weighted by Gasteiger charge is -2.06. The molecule has 0 fully saturated rings. The van der Waals surface area contributed by atoms with Crippen molar-refractivity contribution in [1.82, 2.24) is 45.0 Å². The Morgan fingerprint density at radius 2 is 1.94 bits per heavy atom. The molecule has 0 saturated heterocycles. The van der Waals surface area contributed by atoms with Gasteiger partial charge >= 0.3 is 0 Å². The van der Waals surface area contributed by atoms with Crippen LogP contribution in [-0.4, -0.2) is 53.2 Å². The molecule has 1 aliphatic heterocycles. The van der Waals surface area contributed by atoms with Gasteiger partial charge in [0.15, 0.2) is 11.5 Å². The van der Waals surface area contributed by atoms with Crippen LogP contribution in [0.25, 0.3) is 33.3 Å². The van der Waals surface area contributed by atoms with E-state index in [1.54, 1.807) is 4.68 Å². The Labute approximate surface area is 184 Å². The van der Waals surface area contributed by atoms with Crippen molar-refractivity contribution in [2.75, 3.05) is 13.6 Å². The molecule has 158 valence electrons. The average molecular weight is 423 g/mol. The third-order valence-corrected chi connectivity index (χ3v) is 5.67. The number of fused-ring (bicyclic) bond motifs is 2. The number of hydrogen-bond donors (Lipinski definition) is 1. The lowest BCUT2D eigenvalue weighted by Crippen LogP contribution is -2.23. The Morgan fingerprint density at radius 1 is 1.00 bits per heavy atom. The second kappa shape index (κ2) is 7.24. The third kappa shape index (κ3) is 3.28. The summed E-state index contributed by atoms with van der Waals surface area (Å²) in [6.07, 6.45) is 8.41. The Kier molecular flexibility index (Phi) is 4.22. The lowest BCUT2D eigenvalue weighted by atomic mass is 10.0. The molecule has 9 nitrogen and oxygen atoms in total. The zero-order chi connectivity index (χ0) is 21.7. The van der Waals surface area contributed by atoms with Crippen molar-refractivity contribution in [2.45, 2.75) is 6.42 Å². The van der Waals surface area contributed by atoms with Gasteiger partial charge in [0.1, 0.15) is 0 Å². The summed E-state index contributed by atoms with van der Waals surface area (Å²) in [5.41, 5.74) is 10.2. The van der Waals surface area contributed by atoms with E-state index in [0.717, 1.165) is 56.9 Å². The fraction of sp³-hybridized carbons (Fsp3) is 0.174. The number of aromatic nitrogens is 7. The normalized spacial score (nSPS) is 13.9. The molecule has 0 bridgehead atoms. The van der Waals surface area contributed by atoms with E-state index in [1.807, 2.05) is 66.6 Å². The highest BCUT2D eigenvalue weighted by molar-refractivity contribution is 5.84. The molecule has 0 aliphatic carbocycles. The molecule has 1 N–H and O–H groups in total. The molecule has 0 spiro atoms. The minimum atomic E-state index is 0.627. The standard InChI is InChI=1S/C23H21N9/c1-30-13-18(11-25-30)17-9-16-7-15(3-4-20(16)24-10-17)8-23-28-27-22-6-5-21(29-32(22)23)19-12-26-31(2)14-19/h3-7,9-11,13-14,26H,8,12H2,1-2H3. The first-order valence-corrected chi connectivity index (χ1v) is 10.4. The molecule has 0 radical (unpaired) electrons. The van der Waals surface area contributed by atoms with Gasteiger partial charge in [-0.05, 0) is 35.9 Å². The van der Waals surface area contributed by atoms with Gasteiger partial charge in [0.25, 0.3) is 0 Å². The number of benzene rings is 1. The first kappa shape index (κ1) is 18.6. The van der Waals surface area contributed by atoms with Crippen molar-refractivity contribution in [3.05, 3.63) is 78.3 Å². The van der Waals surface area contributed by atoms with E-state index in [0.29, 0.717) is 6.42 Å². The molecule has 5 aromatic rings. The van der Waals surface area contributed by atoms with Crippen molar-refractivity contribution in [1.29, 1.82) is 0 Å². The molecule has 4 aromatic heterocycles. The van der Waals surface area contributed by atoms with E-state index in [2.05, 4.69) is 43.9 Å². The SMILES string of the molecule is CN1C=C(c2ccc3nnc(Cc4ccc5ncc(-c6cnn(C)c6)cc5c4)n3n2)CN1. The van der Waals surface area contributed by atoms with E-state index >= 15 is 0 Å². The minimum absolute atomic E-state index is 0.627. The smallest absolute Gasteiger partial charge is 0.177 e. The van der Waals surface area contributed by atoms with Gasteiger partial charge in [0.2, 0.25) is 0 Å². The molecule has 32 heavy (non-hydrogen) atoms. The third-order valence-electron chi connectivity index (χ3n) is 5.67. The fourth-order valence-corrected chi connectivity index (χ4v) is 4.01. The highest BCUT2D eigenvalue weighted by Gasteiger charge is 2.15. The zero-order valence-corrected chi connectivity index (χ0v) is 17.8. The van der Waals surface area contributed by atoms with Crippen LogP contribution in [0.5, 0.6) is 0 Å². The summed E-state index contributed by atoms with van der Waals surface area (Å²) in [6.45, 7) is 0.753. The van der Waals surface area contributed by atoms with Crippen molar-refractivity contribution in [2.24, 2.45) is 7.05 Å². The van der Waals surface area contributed by atoms with Crippen LogP contribution in [0.15, 0.2) is 61.2 Å². The van der Waals surface area contributed by atoms with Gasteiger partial charge in [-0.25, -0.2) is 5.43 Å². The van der Waals surface area contributed by atoms with Crippen molar-refractivity contribution in [3.8, 4) is 11.1 Å². The maximum absolute atomic E-state index is 4.80. The number of hydrogen-bond acceptors (Lipinski definition) is 7. The number of pyridine rings is 1. The molecule has 0 amide bonds. The largest absolute Gasteiger partial charge is 0.318 e. The highest BCUT2D eigenvalue weighted by Crippen LogP contribution is 2.24. The number of rotatable bonds is 4. The zero-order valence-electron chi connectivity index (χ0n) is 17.8. The van der Waals surface area contributed by atoms with Gasteiger partial charge in [-0.15, -0.1) is 10.2 Å². The summed E-state index contributed by atoms with van der Waals surface area (Å²) in [4.78, 5) is 4.62. The van der Waals surface area contributed by atoms with Crippen LogP contribution < -0.4 is 5.43 Å². The Morgan fingerprint density at radius 3 is 2.75 bits per heavy atom. The first-order valence-electron chi connectivity index (χ1n) is 10.4. The maximum atomic E-state index is 4.80. The summed E-state index contributed by atoms with van der Waals surface area (Å²) in [7, 11) is 3.89. The van der Waals surface area contributed by atoms with Crippen molar-refractivity contribution in [3.63, 3.8) is 0 Å². The quantitative estimate of drug-likeness (QED) is 0.475. The van der Waals surface area contributed by atoms with Crippen LogP contribution in [0.1, 0.15) is 17.1 Å². The molecule has 1 aromatic carbocycles. The molecule has 0 unspecified atom stereocenters. The van der Waals surface area contributed by atoms with E-state index < -0.39 is 0 Å². The Balaban J connectivity index is 1.35. The molecular weight excluding hydrogens is 402 g/mol.